The number of nitrogens with zero attached hydrogens (tertiary/aromatic N) is 1. The third-order valence-corrected chi connectivity index (χ3v) is 5.19. The normalized spacial score (nSPS) is 19.2. The van der Waals surface area contributed by atoms with Crippen LogP contribution in [0, 0.1) is 0 Å². The molecule has 25 heavy (non-hydrogen) atoms. The van der Waals surface area contributed by atoms with Gasteiger partial charge in [0.1, 0.15) is 0 Å². The Morgan fingerprint density at radius 3 is 2.32 bits per heavy atom. The highest BCUT2D eigenvalue weighted by atomic mass is 35.5. The Balaban J connectivity index is 0.00000312. The first kappa shape index (κ1) is 22.0. The first-order chi connectivity index (χ1) is 11.6. The van der Waals surface area contributed by atoms with Crippen LogP contribution in [-0.2, 0) is 4.79 Å². The summed E-state index contributed by atoms with van der Waals surface area (Å²) in [6, 6.07) is 0.580. The van der Waals surface area contributed by atoms with Crippen LogP contribution >= 0.6 is 12.4 Å². The molecule has 2 rings (SSSR count). The molecule has 0 atom stereocenters. The summed E-state index contributed by atoms with van der Waals surface area (Å²) in [7, 11) is 0. The number of rotatable bonds is 7. The van der Waals surface area contributed by atoms with Gasteiger partial charge in [0.2, 0.25) is 5.91 Å². The summed E-state index contributed by atoms with van der Waals surface area (Å²) in [6.07, 6.45) is 11.2. The number of carbonyl (C=O) groups is 2. The van der Waals surface area contributed by atoms with E-state index in [0.29, 0.717) is 19.0 Å². The number of urea groups is 1. The summed E-state index contributed by atoms with van der Waals surface area (Å²) in [5.74, 6) is 0.255. The van der Waals surface area contributed by atoms with Crippen molar-refractivity contribution in [1.82, 2.24) is 15.5 Å². The molecule has 0 aromatic rings. The topological polar surface area (TPSA) is 87.5 Å². The number of nitrogens with two attached hydrogens (primary N) is 1. The van der Waals surface area contributed by atoms with Gasteiger partial charge in [-0.3, -0.25) is 4.79 Å². The first-order valence-corrected chi connectivity index (χ1v) is 9.73. The number of halogens is 1. The fraction of sp³-hybridized carbons (Fsp3) is 0.889. The monoisotopic (exact) mass is 374 g/mol. The molecular formula is C18H35ClN4O2. The Morgan fingerprint density at radius 1 is 0.960 bits per heavy atom. The fourth-order valence-electron chi connectivity index (χ4n) is 3.57. The van der Waals surface area contributed by atoms with Crippen molar-refractivity contribution in [1.29, 1.82) is 0 Å². The van der Waals surface area contributed by atoms with Crippen molar-refractivity contribution in [2.75, 3.05) is 19.6 Å². The minimum absolute atomic E-state index is 0. The van der Waals surface area contributed by atoms with Gasteiger partial charge in [-0.25, -0.2) is 4.79 Å². The maximum Gasteiger partial charge on any atom is 0.315 e. The summed E-state index contributed by atoms with van der Waals surface area (Å²) in [5.41, 5.74) is 5.86. The number of piperidine rings is 1. The lowest BCUT2D eigenvalue weighted by atomic mass is 9.96. The van der Waals surface area contributed by atoms with Crippen molar-refractivity contribution in [2.24, 2.45) is 5.73 Å². The number of nitrogens with one attached hydrogen (secondary N) is 2. The number of likely N-dealkylation sites (tertiary alicyclic amines) is 1. The van der Waals surface area contributed by atoms with Gasteiger partial charge in [-0.2, -0.15) is 0 Å². The number of hydrogen-bond donors (Lipinski definition) is 3. The quantitative estimate of drug-likeness (QED) is 0.598. The van der Waals surface area contributed by atoms with Gasteiger partial charge in [-0.1, -0.05) is 25.7 Å². The zero-order valence-corrected chi connectivity index (χ0v) is 16.1. The average Bonchev–Trinajstić information content (AvgIpc) is 2.59. The highest BCUT2D eigenvalue weighted by molar-refractivity contribution is 5.85. The lowest BCUT2D eigenvalue weighted by Crippen LogP contribution is -2.43. The zero-order chi connectivity index (χ0) is 17.2. The molecule has 0 aromatic carbocycles. The minimum Gasteiger partial charge on any atom is -0.343 e. The van der Waals surface area contributed by atoms with Crippen molar-refractivity contribution in [3.63, 3.8) is 0 Å². The lowest BCUT2D eigenvalue weighted by molar-refractivity contribution is -0.132. The predicted molar refractivity (Wildman–Crippen MR) is 103 cm³/mol. The van der Waals surface area contributed by atoms with Gasteiger partial charge in [0.25, 0.3) is 0 Å². The molecule has 1 heterocycles. The molecule has 1 aliphatic carbocycles. The molecule has 2 fully saturated rings. The number of hydrogen-bond acceptors (Lipinski definition) is 3. The van der Waals surface area contributed by atoms with E-state index in [-0.39, 0.29) is 30.4 Å². The van der Waals surface area contributed by atoms with Crippen molar-refractivity contribution in [3.8, 4) is 0 Å². The number of carbonyl (C=O) groups excluding carboxylic acids is 2. The van der Waals surface area contributed by atoms with Gasteiger partial charge >= 0.3 is 6.03 Å². The highest BCUT2D eigenvalue weighted by Crippen LogP contribution is 2.17. The standard InChI is InChI=1S/C18H34N4O2.ClH/c19-15-10-13-22(14-11-15)17(23)9-5-2-6-12-20-18(24)21-16-7-3-1-4-8-16;/h15-16H,1-14,19H2,(H2,20,21,24);1H. The molecule has 4 N–H and O–H groups in total. The summed E-state index contributed by atoms with van der Waals surface area (Å²) < 4.78 is 0. The largest absolute Gasteiger partial charge is 0.343 e. The molecule has 1 saturated heterocycles. The van der Waals surface area contributed by atoms with Crippen LogP contribution in [0.3, 0.4) is 0 Å². The molecular weight excluding hydrogens is 340 g/mol. The fourth-order valence-corrected chi connectivity index (χ4v) is 3.57. The van der Waals surface area contributed by atoms with Crippen molar-refractivity contribution in [3.05, 3.63) is 0 Å². The molecule has 0 aromatic heterocycles. The van der Waals surface area contributed by atoms with Crippen molar-refractivity contribution in [2.45, 2.75) is 82.7 Å². The highest BCUT2D eigenvalue weighted by Gasteiger charge is 2.19. The molecule has 146 valence electrons. The molecule has 0 unspecified atom stereocenters. The van der Waals surface area contributed by atoms with E-state index in [1.165, 1.54) is 19.3 Å². The third-order valence-electron chi connectivity index (χ3n) is 5.19. The molecule has 1 saturated carbocycles. The van der Waals surface area contributed by atoms with Crippen LogP contribution in [0.25, 0.3) is 0 Å². The van der Waals surface area contributed by atoms with E-state index in [2.05, 4.69) is 10.6 Å². The Labute approximate surface area is 158 Å². The van der Waals surface area contributed by atoms with E-state index in [1.807, 2.05) is 4.90 Å². The Kier molecular flexibility index (Phi) is 10.9. The smallest absolute Gasteiger partial charge is 0.315 e. The van der Waals surface area contributed by atoms with Crippen LogP contribution in [0.2, 0.25) is 0 Å². The maximum absolute atomic E-state index is 12.1. The van der Waals surface area contributed by atoms with Crippen LogP contribution < -0.4 is 16.4 Å². The average molecular weight is 375 g/mol. The third kappa shape index (κ3) is 8.77. The number of unbranched alkanes of at least 4 members (excludes halogenated alkanes) is 2. The van der Waals surface area contributed by atoms with Crippen molar-refractivity contribution >= 4 is 24.3 Å². The molecule has 1 aliphatic heterocycles. The zero-order valence-electron chi connectivity index (χ0n) is 15.3. The van der Waals surface area contributed by atoms with Crippen LogP contribution in [0.15, 0.2) is 0 Å². The first-order valence-electron chi connectivity index (χ1n) is 9.73. The molecule has 0 spiro atoms. The second kappa shape index (κ2) is 12.4. The summed E-state index contributed by atoms with van der Waals surface area (Å²) in [6.45, 7) is 2.30. The molecule has 2 aliphatic rings. The lowest BCUT2D eigenvalue weighted by Gasteiger charge is -2.30. The minimum atomic E-state index is -0.0392. The van der Waals surface area contributed by atoms with Crippen LogP contribution in [0.1, 0.15) is 70.6 Å². The van der Waals surface area contributed by atoms with E-state index in [4.69, 9.17) is 5.73 Å². The van der Waals surface area contributed by atoms with Crippen LogP contribution in [-0.4, -0.2) is 48.6 Å². The second-order valence-corrected chi connectivity index (χ2v) is 7.26. The second-order valence-electron chi connectivity index (χ2n) is 7.26. The maximum atomic E-state index is 12.1. The molecule has 7 heteroatoms. The van der Waals surface area contributed by atoms with Gasteiger partial charge < -0.3 is 21.3 Å². The van der Waals surface area contributed by atoms with Gasteiger partial charge in [0.15, 0.2) is 0 Å². The molecule has 3 amide bonds. The van der Waals surface area contributed by atoms with Crippen molar-refractivity contribution < 1.29 is 9.59 Å². The Hall–Kier alpha value is -1.01. The summed E-state index contributed by atoms with van der Waals surface area (Å²) >= 11 is 0. The summed E-state index contributed by atoms with van der Waals surface area (Å²) in [4.78, 5) is 25.8. The van der Waals surface area contributed by atoms with E-state index >= 15 is 0 Å². The molecule has 6 nitrogen and oxygen atoms in total. The molecule has 0 radical (unpaired) electrons. The van der Waals surface area contributed by atoms with Crippen LogP contribution in [0.4, 0.5) is 4.79 Å². The van der Waals surface area contributed by atoms with Gasteiger partial charge in [0.05, 0.1) is 0 Å². The van der Waals surface area contributed by atoms with E-state index in [9.17, 15) is 9.59 Å². The Morgan fingerprint density at radius 2 is 1.64 bits per heavy atom. The SMILES string of the molecule is Cl.NC1CCN(C(=O)CCCCCNC(=O)NC2CCCCC2)CC1. The Bertz CT molecular complexity index is 395. The van der Waals surface area contributed by atoms with E-state index in [1.54, 1.807) is 0 Å². The van der Waals surface area contributed by atoms with E-state index < -0.39 is 0 Å². The summed E-state index contributed by atoms with van der Waals surface area (Å²) in [5, 5.41) is 5.98. The predicted octanol–water partition coefficient (Wildman–Crippen LogP) is 2.55. The van der Waals surface area contributed by atoms with Gasteiger partial charge in [-0.15, -0.1) is 12.4 Å². The van der Waals surface area contributed by atoms with E-state index in [0.717, 1.165) is 58.0 Å². The van der Waals surface area contributed by atoms with Gasteiger partial charge in [-0.05, 0) is 38.5 Å². The van der Waals surface area contributed by atoms with Crippen LogP contribution in [0.5, 0.6) is 0 Å². The number of amides is 3. The molecule has 0 bridgehead atoms. The van der Waals surface area contributed by atoms with Gasteiger partial charge in [0, 0.05) is 38.1 Å².